The van der Waals surface area contributed by atoms with Crippen molar-refractivity contribution in [1.29, 1.82) is 0 Å². The van der Waals surface area contributed by atoms with Crippen LogP contribution in [0.4, 0.5) is 5.69 Å². The molecule has 2 aliphatic rings. The number of hydrogen-bond donors (Lipinski definition) is 1. The lowest BCUT2D eigenvalue weighted by Crippen LogP contribution is -2.27. The molecule has 3 nitrogen and oxygen atoms in total. The zero-order chi connectivity index (χ0) is 19.4. The van der Waals surface area contributed by atoms with Crippen molar-refractivity contribution in [3.8, 4) is 0 Å². The molecule has 5 rings (SSSR count). The van der Waals surface area contributed by atoms with Gasteiger partial charge >= 0.3 is 0 Å². The van der Waals surface area contributed by atoms with Crippen molar-refractivity contribution in [3.63, 3.8) is 0 Å². The third-order valence-corrected chi connectivity index (χ3v) is 6.50. The third kappa shape index (κ3) is 2.65. The van der Waals surface area contributed by atoms with Gasteiger partial charge in [0, 0.05) is 40.4 Å². The van der Waals surface area contributed by atoms with Crippen molar-refractivity contribution in [2.24, 2.45) is 0 Å². The molecule has 140 valence electrons. The minimum Gasteiger partial charge on any atom is -0.358 e. The fourth-order valence-corrected chi connectivity index (χ4v) is 4.86. The minimum atomic E-state index is -0.251. The number of aromatic nitrogens is 1. The predicted molar refractivity (Wildman–Crippen MR) is 114 cm³/mol. The second-order valence-electron chi connectivity index (χ2n) is 7.42. The monoisotopic (exact) mass is 408 g/mol. The number of ketones is 1. The number of benzene rings is 2. The number of allylic oxidation sites excluding steroid dienone is 2. The molecule has 1 N–H and O–H groups in total. The van der Waals surface area contributed by atoms with E-state index in [1.54, 1.807) is 6.07 Å². The molecule has 1 aliphatic carbocycles. The van der Waals surface area contributed by atoms with Gasteiger partial charge in [0.1, 0.15) is 0 Å². The molecule has 0 amide bonds. The van der Waals surface area contributed by atoms with E-state index < -0.39 is 0 Å². The average molecular weight is 409 g/mol. The van der Waals surface area contributed by atoms with Crippen LogP contribution in [0.15, 0.2) is 53.7 Å². The molecule has 2 heterocycles. The summed E-state index contributed by atoms with van der Waals surface area (Å²) in [6, 6.07) is 13.8. The molecule has 0 saturated heterocycles. The highest BCUT2D eigenvalue weighted by Crippen LogP contribution is 2.49. The summed E-state index contributed by atoms with van der Waals surface area (Å²) in [6.45, 7) is 1.98. The second kappa shape index (κ2) is 6.61. The molecule has 0 saturated carbocycles. The highest BCUT2D eigenvalue weighted by atomic mass is 35.5. The highest BCUT2D eigenvalue weighted by Gasteiger charge is 2.37. The number of carbonyl (C=O) groups excluding carboxylic acids is 1. The molecule has 1 atom stereocenters. The fraction of sp³-hybridized carbons (Fsp3) is 0.217. The summed E-state index contributed by atoms with van der Waals surface area (Å²) >= 11 is 13.0. The van der Waals surface area contributed by atoms with Gasteiger partial charge in [0.15, 0.2) is 5.78 Å². The van der Waals surface area contributed by atoms with Crippen LogP contribution in [-0.4, -0.2) is 10.8 Å². The molecule has 0 fully saturated rings. The Morgan fingerprint density at radius 1 is 1.07 bits per heavy atom. The number of carbonyl (C=O) groups is 1. The summed E-state index contributed by atoms with van der Waals surface area (Å²) in [5.41, 5.74) is 6.61. The van der Waals surface area contributed by atoms with Crippen LogP contribution >= 0.6 is 23.2 Å². The van der Waals surface area contributed by atoms with Crippen LogP contribution in [0.1, 0.15) is 42.0 Å². The van der Waals surface area contributed by atoms with Crippen LogP contribution in [0.3, 0.4) is 0 Å². The minimum absolute atomic E-state index is 0.178. The van der Waals surface area contributed by atoms with Gasteiger partial charge in [-0.05, 0) is 55.2 Å². The Morgan fingerprint density at radius 2 is 1.93 bits per heavy atom. The summed E-state index contributed by atoms with van der Waals surface area (Å²) in [7, 11) is 0. The first kappa shape index (κ1) is 17.7. The van der Waals surface area contributed by atoms with Crippen LogP contribution in [0.5, 0.6) is 0 Å². The van der Waals surface area contributed by atoms with E-state index in [0.29, 0.717) is 16.5 Å². The number of rotatable bonds is 1. The van der Waals surface area contributed by atoms with Gasteiger partial charge < -0.3 is 5.32 Å². The average Bonchev–Trinajstić information content (AvgIpc) is 2.68. The number of nitrogens with zero attached hydrogens (tertiary/aromatic N) is 1. The molecule has 0 unspecified atom stereocenters. The Balaban J connectivity index is 1.87. The maximum Gasteiger partial charge on any atom is 0.161 e. The molecule has 28 heavy (non-hydrogen) atoms. The van der Waals surface area contributed by atoms with Crippen LogP contribution in [0, 0.1) is 6.92 Å². The van der Waals surface area contributed by atoms with Crippen LogP contribution in [-0.2, 0) is 4.79 Å². The second-order valence-corrected chi connectivity index (χ2v) is 8.20. The zero-order valence-corrected chi connectivity index (χ0v) is 16.9. The summed E-state index contributed by atoms with van der Waals surface area (Å²) in [4.78, 5) is 17.7. The predicted octanol–water partition coefficient (Wildman–Crippen LogP) is 6.41. The summed E-state index contributed by atoms with van der Waals surface area (Å²) in [5.74, 6) is -0.0732. The van der Waals surface area contributed by atoms with Gasteiger partial charge in [-0.25, -0.2) is 0 Å². The maximum absolute atomic E-state index is 13.0. The van der Waals surface area contributed by atoms with Gasteiger partial charge in [-0.1, -0.05) is 41.4 Å². The van der Waals surface area contributed by atoms with E-state index in [1.807, 2.05) is 31.2 Å². The van der Waals surface area contributed by atoms with Gasteiger partial charge in [-0.15, -0.1) is 0 Å². The van der Waals surface area contributed by atoms with Gasteiger partial charge in [-0.2, -0.15) is 0 Å². The van der Waals surface area contributed by atoms with Crippen molar-refractivity contribution in [2.75, 3.05) is 5.32 Å². The van der Waals surface area contributed by atoms with Crippen molar-refractivity contribution >= 4 is 45.6 Å². The molecule has 1 aliphatic heterocycles. The van der Waals surface area contributed by atoms with E-state index in [0.717, 1.165) is 57.5 Å². The topological polar surface area (TPSA) is 42.0 Å². The van der Waals surface area contributed by atoms with Crippen LogP contribution < -0.4 is 5.32 Å². The lowest BCUT2D eigenvalue weighted by molar-refractivity contribution is -0.116. The summed E-state index contributed by atoms with van der Waals surface area (Å²) < 4.78 is 0. The Morgan fingerprint density at radius 3 is 2.79 bits per heavy atom. The summed E-state index contributed by atoms with van der Waals surface area (Å²) in [6.07, 6.45) is 2.29. The Kier molecular flexibility index (Phi) is 4.18. The molecule has 0 spiro atoms. The molecular weight excluding hydrogens is 391 g/mol. The number of Topliss-reactive ketones (excluding diaryl/α,β-unsaturated/α-hetero) is 1. The lowest BCUT2D eigenvalue weighted by atomic mass is 9.74. The van der Waals surface area contributed by atoms with Gasteiger partial charge in [-0.3, -0.25) is 9.78 Å². The van der Waals surface area contributed by atoms with E-state index in [9.17, 15) is 4.79 Å². The number of nitrogens with one attached hydrogen (secondary N) is 1. The maximum atomic E-state index is 13.0. The standard InChI is InChI=1S/C23H18Cl2N2O/c1-12-8-9-13-16(26-12)10-11-18-20(13)21(14-4-2-5-15(24)23(14)25)22-17(27-18)6-3-7-19(22)28/h2,4-5,8-11,21,27H,3,6-7H2,1H3/t21-/m0/s1. The van der Waals surface area contributed by atoms with Crippen LogP contribution in [0.25, 0.3) is 10.9 Å². The Hall–Kier alpha value is -2.36. The number of anilines is 1. The SMILES string of the molecule is Cc1ccc2c3c(ccc2n1)NC1=C(C(=O)CCC1)[C@H]3c1cccc(Cl)c1Cl. The zero-order valence-electron chi connectivity index (χ0n) is 15.4. The van der Waals surface area contributed by atoms with E-state index in [-0.39, 0.29) is 11.7 Å². The van der Waals surface area contributed by atoms with Gasteiger partial charge in [0.2, 0.25) is 0 Å². The molecule has 2 aromatic carbocycles. The van der Waals surface area contributed by atoms with Crippen molar-refractivity contribution in [1.82, 2.24) is 4.98 Å². The molecule has 0 radical (unpaired) electrons. The van der Waals surface area contributed by atoms with E-state index in [2.05, 4.69) is 22.4 Å². The van der Waals surface area contributed by atoms with Crippen molar-refractivity contribution in [2.45, 2.75) is 32.1 Å². The molecule has 3 aromatic rings. The summed E-state index contributed by atoms with van der Waals surface area (Å²) in [5, 5.41) is 5.56. The van der Waals surface area contributed by atoms with E-state index in [1.165, 1.54) is 0 Å². The normalized spacial score (nSPS) is 18.7. The van der Waals surface area contributed by atoms with E-state index >= 15 is 0 Å². The molecule has 5 heteroatoms. The highest BCUT2D eigenvalue weighted by molar-refractivity contribution is 6.42. The van der Waals surface area contributed by atoms with Gasteiger partial charge in [0.05, 0.1) is 15.6 Å². The number of halogens is 2. The number of hydrogen-bond acceptors (Lipinski definition) is 3. The number of aryl methyl sites for hydroxylation is 1. The van der Waals surface area contributed by atoms with Crippen LogP contribution in [0.2, 0.25) is 10.0 Å². The van der Waals surface area contributed by atoms with Crippen molar-refractivity contribution in [3.05, 3.63) is 80.6 Å². The third-order valence-electron chi connectivity index (χ3n) is 5.66. The molecule has 0 bridgehead atoms. The Labute approximate surface area is 173 Å². The number of fused-ring (bicyclic) bond motifs is 3. The fourth-order valence-electron chi connectivity index (χ4n) is 4.44. The smallest absolute Gasteiger partial charge is 0.161 e. The lowest BCUT2D eigenvalue weighted by Gasteiger charge is -2.35. The quantitative estimate of drug-likeness (QED) is 0.505. The first-order valence-electron chi connectivity index (χ1n) is 9.42. The van der Waals surface area contributed by atoms with Gasteiger partial charge in [0.25, 0.3) is 0 Å². The number of pyridine rings is 1. The van der Waals surface area contributed by atoms with E-state index in [4.69, 9.17) is 23.2 Å². The van der Waals surface area contributed by atoms with Crippen molar-refractivity contribution < 1.29 is 4.79 Å². The molecular formula is C23H18Cl2N2O. The first-order valence-corrected chi connectivity index (χ1v) is 10.2. The Bertz CT molecular complexity index is 1180. The first-order chi connectivity index (χ1) is 13.5. The molecule has 1 aromatic heterocycles. The largest absolute Gasteiger partial charge is 0.358 e.